The standard InChI is InChI=1S/C11H9F3O2S/c12-11(13,14)17-7-3-1-2-6(4-7)8-5-9(8)10(15)16/h1-4,8-9H,5H2,(H,15,16)/t8-,9+/m0/s1. The van der Waals surface area contributed by atoms with Crippen LogP contribution in [0.2, 0.25) is 0 Å². The number of aliphatic carboxylic acids is 1. The van der Waals surface area contributed by atoms with E-state index in [1.165, 1.54) is 18.2 Å². The van der Waals surface area contributed by atoms with Crippen molar-refractivity contribution in [2.75, 3.05) is 0 Å². The SMILES string of the molecule is O=C(O)[C@@H]1C[C@H]1c1cccc(SC(F)(F)F)c1. The summed E-state index contributed by atoms with van der Waals surface area (Å²) >= 11 is -0.178. The highest BCUT2D eigenvalue weighted by Crippen LogP contribution is 2.48. The fourth-order valence-electron chi connectivity index (χ4n) is 1.78. The van der Waals surface area contributed by atoms with Gasteiger partial charge in [-0.2, -0.15) is 13.2 Å². The van der Waals surface area contributed by atoms with E-state index in [4.69, 9.17) is 5.11 Å². The number of carbonyl (C=O) groups is 1. The highest BCUT2D eigenvalue weighted by molar-refractivity contribution is 8.00. The summed E-state index contributed by atoms with van der Waals surface area (Å²) in [5, 5.41) is 8.76. The molecule has 0 heterocycles. The lowest BCUT2D eigenvalue weighted by Crippen LogP contribution is -2.00. The lowest BCUT2D eigenvalue weighted by molar-refractivity contribution is -0.138. The van der Waals surface area contributed by atoms with Crippen molar-refractivity contribution in [1.82, 2.24) is 0 Å². The molecule has 1 N–H and O–H groups in total. The Labute approximate surface area is 99.8 Å². The Hall–Kier alpha value is -1.17. The van der Waals surface area contributed by atoms with E-state index in [-0.39, 0.29) is 22.6 Å². The summed E-state index contributed by atoms with van der Waals surface area (Å²) in [5.41, 5.74) is -3.64. The Morgan fingerprint density at radius 1 is 1.41 bits per heavy atom. The molecule has 92 valence electrons. The topological polar surface area (TPSA) is 37.3 Å². The lowest BCUT2D eigenvalue weighted by atomic mass is 10.1. The van der Waals surface area contributed by atoms with Gasteiger partial charge in [0.1, 0.15) is 0 Å². The van der Waals surface area contributed by atoms with Gasteiger partial charge in [-0.3, -0.25) is 4.79 Å². The van der Waals surface area contributed by atoms with Crippen molar-refractivity contribution in [3.05, 3.63) is 29.8 Å². The number of alkyl halides is 3. The van der Waals surface area contributed by atoms with Gasteiger partial charge < -0.3 is 5.11 Å². The van der Waals surface area contributed by atoms with E-state index in [1.807, 2.05) is 0 Å². The smallest absolute Gasteiger partial charge is 0.446 e. The van der Waals surface area contributed by atoms with Crippen LogP contribution in [0.15, 0.2) is 29.2 Å². The van der Waals surface area contributed by atoms with Gasteiger partial charge in [-0.25, -0.2) is 0 Å². The summed E-state index contributed by atoms with van der Waals surface area (Å²) in [7, 11) is 0. The molecule has 2 rings (SSSR count). The number of thioether (sulfide) groups is 1. The lowest BCUT2D eigenvalue weighted by Gasteiger charge is -2.07. The van der Waals surface area contributed by atoms with E-state index in [0.717, 1.165) is 0 Å². The number of carboxylic acid groups (broad SMARTS) is 1. The number of hydrogen-bond acceptors (Lipinski definition) is 2. The molecule has 0 unspecified atom stereocenters. The summed E-state index contributed by atoms with van der Waals surface area (Å²) in [6.45, 7) is 0. The molecule has 1 saturated carbocycles. The Morgan fingerprint density at radius 3 is 2.65 bits per heavy atom. The first-order valence-corrected chi connectivity index (χ1v) is 5.77. The molecule has 1 fully saturated rings. The van der Waals surface area contributed by atoms with Crippen LogP contribution in [-0.4, -0.2) is 16.6 Å². The molecule has 0 aromatic heterocycles. The zero-order valence-corrected chi connectivity index (χ0v) is 9.39. The minimum Gasteiger partial charge on any atom is -0.481 e. The largest absolute Gasteiger partial charge is 0.481 e. The number of benzene rings is 1. The fourth-order valence-corrected chi connectivity index (χ4v) is 2.39. The molecule has 0 amide bonds. The van der Waals surface area contributed by atoms with Crippen LogP contribution in [0.3, 0.4) is 0 Å². The number of hydrogen-bond donors (Lipinski definition) is 1. The third-order valence-electron chi connectivity index (χ3n) is 2.63. The first kappa shape index (κ1) is 12.3. The van der Waals surface area contributed by atoms with Gasteiger partial charge in [0.15, 0.2) is 0 Å². The number of rotatable bonds is 3. The summed E-state index contributed by atoms with van der Waals surface area (Å²) in [6, 6.07) is 6.00. The van der Waals surface area contributed by atoms with E-state index >= 15 is 0 Å². The molecule has 0 spiro atoms. The Bertz CT molecular complexity index is 445. The predicted molar refractivity (Wildman–Crippen MR) is 56.8 cm³/mol. The first-order chi connectivity index (χ1) is 7.87. The number of carboxylic acids is 1. The molecule has 6 heteroatoms. The van der Waals surface area contributed by atoms with Crippen molar-refractivity contribution in [3.8, 4) is 0 Å². The summed E-state index contributed by atoms with van der Waals surface area (Å²) in [5.74, 6) is -1.47. The van der Waals surface area contributed by atoms with Crippen molar-refractivity contribution in [2.45, 2.75) is 22.7 Å². The van der Waals surface area contributed by atoms with Gasteiger partial charge in [-0.15, -0.1) is 0 Å². The number of halogens is 3. The molecule has 0 aliphatic heterocycles. The molecule has 0 bridgehead atoms. The molecular weight excluding hydrogens is 253 g/mol. The Morgan fingerprint density at radius 2 is 2.12 bits per heavy atom. The van der Waals surface area contributed by atoms with Crippen LogP contribution in [0, 0.1) is 5.92 Å². The normalized spacial score (nSPS) is 23.5. The van der Waals surface area contributed by atoms with Crippen LogP contribution in [0.5, 0.6) is 0 Å². The van der Waals surface area contributed by atoms with Gasteiger partial charge >= 0.3 is 11.5 Å². The third kappa shape index (κ3) is 3.15. The van der Waals surface area contributed by atoms with Crippen LogP contribution in [0.4, 0.5) is 13.2 Å². The molecular formula is C11H9F3O2S. The molecule has 1 aromatic carbocycles. The molecule has 17 heavy (non-hydrogen) atoms. The monoisotopic (exact) mass is 262 g/mol. The van der Waals surface area contributed by atoms with Crippen molar-refractivity contribution < 1.29 is 23.1 Å². The maximum atomic E-state index is 12.2. The van der Waals surface area contributed by atoms with E-state index in [1.54, 1.807) is 6.07 Å². The van der Waals surface area contributed by atoms with Gasteiger partial charge in [-0.1, -0.05) is 12.1 Å². The molecule has 0 radical (unpaired) electrons. The van der Waals surface area contributed by atoms with Gasteiger partial charge in [0.05, 0.1) is 5.92 Å². The Kier molecular flexibility index (Phi) is 3.07. The van der Waals surface area contributed by atoms with Crippen LogP contribution < -0.4 is 0 Å². The van der Waals surface area contributed by atoms with E-state index in [2.05, 4.69) is 0 Å². The van der Waals surface area contributed by atoms with Crippen LogP contribution >= 0.6 is 11.8 Å². The molecule has 1 aliphatic rings. The van der Waals surface area contributed by atoms with Crippen LogP contribution in [0.1, 0.15) is 17.9 Å². The van der Waals surface area contributed by atoms with Crippen molar-refractivity contribution in [1.29, 1.82) is 0 Å². The zero-order chi connectivity index (χ0) is 12.6. The zero-order valence-electron chi connectivity index (χ0n) is 8.57. The fraction of sp³-hybridized carbons (Fsp3) is 0.364. The average molecular weight is 262 g/mol. The quantitative estimate of drug-likeness (QED) is 0.847. The maximum Gasteiger partial charge on any atom is 0.446 e. The van der Waals surface area contributed by atoms with E-state index in [9.17, 15) is 18.0 Å². The van der Waals surface area contributed by atoms with E-state index < -0.39 is 17.4 Å². The molecule has 2 atom stereocenters. The van der Waals surface area contributed by atoms with E-state index in [0.29, 0.717) is 12.0 Å². The minimum absolute atomic E-state index is 0.103. The second-order valence-electron chi connectivity index (χ2n) is 3.91. The van der Waals surface area contributed by atoms with Gasteiger partial charge in [0.2, 0.25) is 0 Å². The van der Waals surface area contributed by atoms with Gasteiger partial charge in [-0.05, 0) is 41.8 Å². The molecule has 2 nitrogen and oxygen atoms in total. The first-order valence-electron chi connectivity index (χ1n) is 4.95. The summed E-state index contributed by atoms with van der Waals surface area (Å²) < 4.78 is 36.5. The second kappa shape index (κ2) is 4.25. The van der Waals surface area contributed by atoms with Crippen molar-refractivity contribution in [2.24, 2.45) is 5.92 Å². The van der Waals surface area contributed by atoms with Crippen molar-refractivity contribution in [3.63, 3.8) is 0 Å². The molecule has 0 saturated heterocycles. The summed E-state index contributed by atoms with van der Waals surface area (Å²) in [4.78, 5) is 10.8. The third-order valence-corrected chi connectivity index (χ3v) is 3.35. The second-order valence-corrected chi connectivity index (χ2v) is 5.05. The molecule has 1 aliphatic carbocycles. The predicted octanol–water partition coefficient (Wildman–Crippen LogP) is 3.49. The highest BCUT2D eigenvalue weighted by atomic mass is 32.2. The van der Waals surface area contributed by atoms with Crippen molar-refractivity contribution >= 4 is 17.7 Å². The van der Waals surface area contributed by atoms with Crippen LogP contribution in [0.25, 0.3) is 0 Å². The highest BCUT2D eigenvalue weighted by Gasteiger charge is 2.44. The summed E-state index contributed by atoms with van der Waals surface area (Å²) in [6.07, 6.45) is 0.509. The maximum absolute atomic E-state index is 12.2. The van der Waals surface area contributed by atoms with Crippen LogP contribution in [-0.2, 0) is 4.79 Å². The van der Waals surface area contributed by atoms with Gasteiger partial charge in [0.25, 0.3) is 0 Å². The molecule has 1 aromatic rings. The Balaban J connectivity index is 2.11. The minimum atomic E-state index is -4.31. The van der Waals surface area contributed by atoms with Gasteiger partial charge in [0, 0.05) is 4.90 Å². The average Bonchev–Trinajstić information content (AvgIpc) is 2.94.